The van der Waals surface area contributed by atoms with E-state index in [0.29, 0.717) is 5.92 Å². The average molecular weight is 286 g/mol. The van der Waals surface area contributed by atoms with Gasteiger partial charge in [-0.1, -0.05) is 44.9 Å². The Labute approximate surface area is 116 Å². The maximum absolute atomic E-state index is 11.5. The minimum Gasteiger partial charge on any atom is -0.362 e. The summed E-state index contributed by atoms with van der Waals surface area (Å²) >= 11 is 0. The van der Waals surface area contributed by atoms with Crippen LogP contribution in [0.25, 0.3) is 0 Å². The van der Waals surface area contributed by atoms with Crippen LogP contribution in [0.1, 0.15) is 39.5 Å². The van der Waals surface area contributed by atoms with Crippen LogP contribution in [0.4, 0.5) is 0 Å². The summed E-state index contributed by atoms with van der Waals surface area (Å²) in [5.41, 5.74) is 0. The highest BCUT2D eigenvalue weighted by molar-refractivity contribution is 7.82. The first-order valence-electron chi connectivity index (χ1n) is 6.71. The van der Waals surface area contributed by atoms with E-state index >= 15 is 0 Å². The minimum atomic E-state index is -3.95. The molecule has 0 fully saturated rings. The second-order valence-electron chi connectivity index (χ2n) is 4.45. The van der Waals surface area contributed by atoms with E-state index in [4.69, 9.17) is 8.37 Å². The fraction of sp³-hybridized carbons (Fsp3) is 0.571. The number of hydrogen-bond acceptors (Lipinski definition) is 4. The molecule has 0 bridgehead atoms. The van der Waals surface area contributed by atoms with Crippen molar-refractivity contribution >= 4 is 10.4 Å². The van der Waals surface area contributed by atoms with Gasteiger partial charge in [0.25, 0.3) is 0 Å². The van der Waals surface area contributed by atoms with Crippen LogP contribution in [-0.2, 0) is 14.6 Å². The molecule has 0 atom stereocenters. The van der Waals surface area contributed by atoms with E-state index in [-0.39, 0.29) is 12.4 Å². The number of benzene rings is 1. The fourth-order valence-electron chi connectivity index (χ4n) is 1.85. The molecule has 0 saturated heterocycles. The molecule has 0 amide bonds. The zero-order chi connectivity index (χ0) is 14.1. The maximum Gasteiger partial charge on any atom is 0.449 e. The number of hydrogen-bond donors (Lipinski definition) is 0. The van der Waals surface area contributed by atoms with Crippen molar-refractivity contribution in [2.75, 3.05) is 6.61 Å². The Kier molecular flexibility index (Phi) is 6.87. The van der Waals surface area contributed by atoms with E-state index < -0.39 is 10.4 Å². The first-order valence-corrected chi connectivity index (χ1v) is 8.04. The van der Waals surface area contributed by atoms with Gasteiger partial charge in [-0.3, -0.25) is 0 Å². The van der Waals surface area contributed by atoms with Crippen LogP contribution in [0.2, 0.25) is 0 Å². The molecule has 0 unspecified atom stereocenters. The van der Waals surface area contributed by atoms with Crippen LogP contribution >= 0.6 is 0 Å². The van der Waals surface area contributed by atoms with E-state index in [1.807, 2.05) is 0 Å². The molecule has 0 aromatic heterocycles. The molecule has 19 heavy (non-hydrogen) atoms. The Morgan fingerprint density at radius 1 is 1.11 bits per heavy atom. The predicted octanol–water partition coefficient (Wildman–Crippen LogP) is 3.54. The van der Waals surface area contributed by atoms with Crippen molar-refractivity contribution in [2.24, 2.45) is 5.92 Å². The average Bonchev–Trinajstić information content (AvgIpc) is 2.39. The Hall–Kier alpha value is -1.07. The molecule has 0 heterocycles. The zero-order valence-corrected chi connectivity index (χ0v) is 12.4. The first-order chi connectivity index (χ1) is 9.07. The van der Waals surface area contributed by atoms with Gasteiger partial charge in [0.15, 0.2) is 0 Å². The van der Waals surface area contributed by atoms with Gasteiger partial charge in [0.2, 0.25) is 0 Å². The van der Waals surface area contributed by atoms with Crippen LogP contribution in [0.5, 0.6) is 5.75 Å². The third-order valence-electron chi connectivity index (χ3n) is 3.08. The minimum absolute atomic E-state index is 0.172. The second kappa shape index (κ2) is 8.17. The van der Waals surface area contributed by atoms with Crippen molar-refractivity contribution in [3.8, 4) is 5.75 Å². The lowest BCUT2D eigenvalue weighted by Crippen LogP contribution is -2.14. The van der Waals surface area contributed by atoms with Gasteiger partial charge in [0, 0.05) is 0 Å². The van der Waals surface area contributed by atoms with Crippen molar-refractivity contribution in [3.63, 3.8) is 0 Å². The lowest BCUT2D eigenvalue weighted by molar-refractivity contribution is 0.257. The molecular weight excluding hydrogens is 264 g/mol. The van der Waals surface area contributed by atoms with Crippen molar-refractivity contribution in [3.05, 3.63) is 30.3 Å². The molecule has 1 aromatic carbocycles. The SMILES string of the molecule is CCC(CC)CCCOS(=O)(=O)Oc1ccccc1. The van der Waals surface area contributed by atoms with E-state index in [1.165, 1.54) is 0 Å². The summed E-state index contributed by atoms with van der Waals surface area (Å²) in [4.78, 5) is 0. The van der Waals surface area contributed by atoms with Gasteiger partial charge in [-0.05, 0) is 30.9 Å². The van der Waals surface area contributed by atoms with Crippen LogP contribution in [0.15, 0.2) is 30.3 Å². The van der Waals surface area contributed by atoms with Crippen LogP contribution < -0.4 is 4.18 Å². The topological polar surface area (TPSA) is 52.6 Å². The molecule has 0 aliphatic carbocycles. The summed E-state index contributed by atoms with van der Waals surface area (Å²) in [6, 6.07) is 8.35. The molecule has 1 aromatic rings. The largest absolute Gasteiger partial charge is 0.449 e. The third-order valence-corrected chi connectivity index (χ3v) is 3.93. The lowest BCUT2D eigenvalue weighted by atomic mass is 9.98. The normalized spacial score (nSPS) is 11.7. The fourth-order valence-corrected chi connectivity index (χ4v) is 2.56. The molecule has 0 radical (unpaired) electrons. The third kappa shape index (κ3) is 6.59. The van der Waals surface area contributed by atoms with Gasteiger partial charge in [0.1, 0.15) is 5.75 Å². The number of rotatable bonds is 9. The zero-order valence-electron chi connectivity index (χ0n) is 11.5. The van der Waals surface area contributed by atoms with Crippen molar-refractivity contribution in [2.45, 2.75) is 39.5 Å². The molecule has 0 N–H and O–H groups in total. The summed E-state index contributed by atoms with van der Waals surface area (Å²) in [7, 11) is -3.95. The predicted molar refractivity (Wildman–Crippen MR) is 75.2 cm³/mol. The molecular formula is C14H22O4S. The van der Waals surface area contributed by atoms with Gasteiger partial charge < -0.3 is 4.18 Å². The van der Waals surface area contributed by atoms with Crippen molar-refractivity contribution < 1.29 is 16.8 Å². The summed E-state index contributed by atoms with van der Waals surface area (Å²) in [5.74, 6) is 0.906. The van der Waals surface area contributed by atoms with Gasteiger partial charge in [-0.15, -0.1) is 0 Å². The molecule has 1 rings (SSSR count). The molecule has 4 nitrogen and oxygen atoms in total. The highest BCUT2D eigenvalue weighted by atomic mass is 32.3. The van der Waals surface area contributed by atoms with Crippen LogP contribution in [0.3, 0.4) is 0 Å². The van der Waals surface area contributed by atoms with E-state index in [1.54, 1.807) is 30.3 Å². The van der Waals surface area contributed by atoms with E-state index in [9.17, 15) is 8.42 Å². The highest BCUT2D eigenvalue weighted by Crippen LogP contribution is 2.16. The summed E-state index contributed by atoms with van der Waals surface area (Å²) in [6.45, 7) is 4.46. The highest BCUT2D eigenvalue weighted by Gasteiger charge is 2.13. The molecule has 0 aliphatic rings. The van der Waals surface area contributed by atoms with Gasteiger partial charge >= 0.3 is 10.4 Å². The lowest BCUT2D eigenvalue weighted by Gasteiger charge is -2.11. The number of para-hydroxylation sites is 1. The van der Waals surface area contributed by atoms with Crippen LogP contribution in [-0.4, -0.2) is 15.0 Å². The smallest absolute Gasteiger partial charge is 0.362 e. The van der Waals surface area contributed by atoms with Crippen molar-refractivity contribution in [1.29, 1.82) is 0 Å². The second-order valence-corrected chi connectivity index (χ2v) is 5.67. The maximum atomic E-state index is 11.5. The molecule has 0 spiro atoms. The standard InChI is InChI=1S/C14H22O4S/c1-3-13(4-2)9-8-12-17-19(15,16)18-14-10-6-5-7-11-14/h5-7,10-11,13H,3-4,8-9,12H2,1-2H3. The van der Waals surface area contributed by atoms with E-state index in [0.717, 1.165) is 25.7 Å². The quantitative estimate of drug-likeness (QED) is 0.651. The first kappa shape index (κ1) is 16.0. The van der Waals surface area contributed by atoms with Gasteiger partial charge in [-0.25, -0.2) is 4.18 Å². The summed E-state index contributed by atoms with van der Waals surface area (Å²) < 4.78 is 32.7. The van der Waals surface area contributed by atoms with Crippen LogP contribution in [0, 0.1) is 5.92 Å². The Morgan fingerprint density at radius 3 is 2.32 bits per heavy atom. The molecule has 108 valence electrons. The molecule has 0 aliphatic heterocycles. The summed E-state index contributed by atoms with van der Waals surface area (Å²) in [6.07, 6.45) is 3.94. The van der Waals surface area contributed by atoms with Crippen molar-refractivity contribution in [1.82, 2.24) is 0 Å². The molecule has 5 heteroatoms. The van der Waals surface area contributed by atoms with Gasteiger partial charge in [-0.2, -0.15) is 8.42 Å². The Balaban J connectivity index is 2.32. The molecule has 0 saturated carbocycles. The Bertz CT molecular complexity index is 438. The summed E-state index contributed by atoms with van der Waals surface area (Å²) in [5, 5.41) is 0. The van der Waals surface area contributed by atoms with E-state index in [2.05, 4.69) is 13.8 Å². The Morgan fingerprint density at radius 2 is 1.74 bits per heavy atom. The van der Waals surface area contributed by atoms with Gasteiger partial charge in [0.05, 0.1) is 6.61 Å². The monoisotopic (exact) mass is 286 g/mol.